The van der Waals surface area contributed by atoms with Crippen LogP contribution >= 0.6 is 27.7 Å². The number of halogens is 1. The van der Waals surface area contributed by atoms with Crippen LogP contribution in [0, 0.1) is 13.8 Å². The van der Waals surface area contributed by atoms with Gasteiger partial charge in [0.2, 0.25) is 11.1 Å². The Hall–Kier alpha value is -3.76. The molecule has 0 fully saturated rings. The zero-order valence-electron chi connectivity index (χ0n) is 23.6. The number of hydrogen-bond donors (Lipinski definition) is 2. The largest absolute Gasteiger partial charge is 0.493 e. The highest BCUT2D eigenvalue weighted by molar-refractivity contribution is 9.10. The van der Waals surface area contributed by atoms with Gasteiger partial charge in [-0.15, -0.1) is 5.10 Å². The molecule has 2 N–H and O–H groups in total. The summed E-state index contributed by atoms with van der Waals surface area (Å²) in [6, 6.07) is 19.1. The summed E-state index contributed by atoms with van der Waals surface area (Å²) < 4.78 is 14.4. The number of aromatic nitrogens is 3. The molecule has 41 heavy (non-hydrogen) atoms. The number of hydrogen-bond acceptors (Lipinski definition) is 7. The van der Waals surface area contributed by atoms with E-state index in [1.54, 1.807) is 23.6 Å². The number of ether oxygens (including phenoxy) is 2. The lowest BCUT2D eigenvalue weighted by Gasteiger charge is -2.29. The number of allylic oxidation sites excluding steroid dienone is 1. The molecule has 1 aliphatic heterocycles. The van der Waals surface area contributed by atoms with Crippen molar-refractivity contribution in [3.8, 4) is 11.5 Å². The molecule has 2 heterocycles. The maximum atomic E-state index is 14.0. The smallest absolute Gasteiger partial charge is 0.255 e. The van der Waals surface area contributed by atoms with E-state index in [-0.39, 0.29) is 5.91 Å². The highest BCUT2D eigenvalue weighted by Crippen LogP contribution is 2.43. The summed E-state index contributed by atoms with van der Waals surface area (Å²) >= 11 is 5.25. The van der Waals surface area contributed by atoms with Crippen LogP contribution in [0.1, 0.15) is 42.1 Å². The van der Waals surface area contributed by atoms with E-state index >= 15 is 0 Å². The Bertz CT molecular complexity index is 1620. The molecule has 0 saturated heterocycles. The molecule has 1 aliphatic rings. The van der Waals surface area contributed by atoms with Gasteiger partial charge < -0.3 is 20.1 Å². The van der Waals surface area contributed by atoms with Crippen molar-refractivity contribution in [2.75, 3.05) is 23.5 Å². The fraction of sp³-hybridized carbons (Fsp3) is 0.258. The molecule has 8 nitrogen and oxygen atoms in total. The van der Waals surface area contributed by atoms with Crippen LogP contribution in [0.15, 0.2) is 81.6 Å². The SMILES string of the molecule is CCSc1nc2n(n1)C(c1cc(Br)c(OCc3ccccc3)c(OC)c1)C(C(=O)Nc1cccc(C)c1C)=C(C)N2. The predicted molar refractivity (Wildman–Crippen MR) is 167 cm³/mol. The first-order valence-corrected chi connectivity index (χ1v) is 15.1. The number of fused-ring (bicyclic) bond motifs is 1. The van der Waals surface area contributed by atoms with E-state index in [0.717, 1.165) is 33.7 Å². The molecule has 212 valence electrons. The first-order valence-electron chi connectivity index (χ1n) is 13.3. The van der Waals surface area contributed by atoms with Crippen LogP contribution in [0.2, 0.25) is 0 Å². The number of anilines is 2. The van der Waals surface area contributed by atoms with E-state index in [9.17, 15) is 4.79 Å². The minimum Gasteiger partial charge on any atom is -0.493 e. The Labute approximate surface area is 252 Å². The van der Waals surface area contributed by atoms with E-state index in [2.05, 4.69) is 38.5 Å². The van der Waals surface area contributed by atoms with Crippen molar-refractivity contribution in [1.82, 2.24) is 14.8 Å². The lowest BCUT2D eigenvalue weighted by Crippen LogP contribution is -2.31. The summed E-state index contributed by atoms with van der Waals surface area (Å²) in [5.74, 6) is 2.30. The second-order valence-electron chi connectivity index (χ2n) is 9.67. The molecule has 3 aromatic carbocycles. The molecule has 4 aromatic rings. The average molecular weight is 635 g/mol. The highest BCUT2D eigenvalue weighted by atomic mass is 79.9. The molecule has 0 saturated carbocycles. The van der Waals surface area contributed by atoms with Gasteiger partial charge in [-0.2, -0.15) is 4.98 Å². The van der Waals surface area contributed by atoms with E-state index < -0.39 is 6.04 Å². The quantitative estimate of drug-likeness (QED) is 0.187. The van der Waals surface area contributed by atoms with Crippen LogP contribution in [0.5, 0.6) is 11.5 Å². The Kier molecular flexibility index (Phi) is 8.70. The number of methoxy groups -OCH3 is 1. The van der Waals surface area contributed by atoms with E-state index in [1.165, 1.54) is 0 Å². The number of aryl methyl sites for hydroxylation is 1. The number of amides is 1. The Morgan fingerprint density at radius 2 is 1.90 bits per heavy atom. The van der Waals surface area contributed by atoms with Crippen LogP contribution in [-0.2, 0) is 11.4 Å². The summed E-state index contributed by atoms with van der Waals surface area (Å²) in [5.41, 5.74) is 5.96. The Morgan fingerprint density at radius 1 is 1.12 bits per heavy atom. The molecular formula is C31H32BrN5O3S. The van der Waals surface area contributed by atoms with Crippen molar-refractivity contribution >= 4 is 45.2 Å². The minimum absolute atomic E-state index is 0.223. The average Bonchev–Trinajstić information content (AvgIpc) is 3.36. The number of rotatable bonds is 9. The van der Waals surface area contributed by atoms with Gasteiger partial charge in [-0.25, -0.2) is 4.68 Å². The van der Waals surface area contributed by atoms with Gasteiger partial charge in [0.05, 0.1) is 17.2 Å². The molecule has 1 unspecified atom stereocenters. The van der Waals surface area contributed by atoms with E-state index in [0.29, 0.717) is 45.0 Å². The number of carbonyl (C=O) groups excluding carboxylic acids is 1. The molecule has 0 bridgehead atoms. The molecule has 5 rings (SSSR count). The third-order valence-corrected chi connectivity index (χ3v) is 8.31. The summed E-state index contributed by atoms with van der Waals surface area (Å²) in [6.07, 6.45) is 0. The normalized spacial score (nSPS) is 14.3. The fourth-order valence-electron chi connectivity index (χ4n) is 4.77. The van der Waals surface area contributed by atoms with Crippen molar-refractivity contribution in [1.29, 1.82) is 0 Å². The van der Waals surface area contributed by atoms with E-state index in [4.69, 9.17) is 14.6 Å². The van der Waals surface area contributed by atoms with Gasteiger partial charge in [-0.1, -0.05) is 61.2 Å². The van der Waals surface area contributed by atoms with Crippen LogP contribution in [0.4, 0.5) is 11.6 Å². The predicted octanol–water partition coefficient (Wildman–Crippen LogP) is 7.28. The van der Waals surface area contributed by atoms with Gasteiger partial charge in [0.15, 0.2) is 11.5 Å². The van der Waals surface area contributed by atoms with Crippen molar-refractivity contribution < 1.29 is 14.3 Å². The van der Waals surface area contributed by atoms with Gasteiger partial charge in [-0.05, 0) is 82.9 Å². The maximum Gasteiger partial charge on any atom is 0.255 e. The topological polar surface area (TPSA) is 90.3 Å². The summed E-state index contributed by atoms with van der Waals surface area (Å²) in [7, 11) is 1.61. The third kappa shape index (κ3) is 5.99. The van der Waals surface area contributed by atoms with Gasteiger partial charge in [0.1, 0.15) is 12.6 Å². The molecule has 1 aromatic heterocycles. The van der Waals surface area contributed by atoms with Crippen LogP contribution in [0.25, 0.3) is 0 Å². The van der Waals surface area contributed by atoms with Crippen LogP contribution in [0.3, 0.4) is 0 Å². The number of thioether (sulfide) groups is 1. The third-order valence-electron chi connectivity index (χ3n) is 7.00. The molecular weight excluding hydrogens is 602 g/mol. The van der Waals surface area contributed by atoms with Crippen LogP contribution < -0.4 is 20.1 Å². The number of carbonyl (C=O) groups is 1. The van der Waals surface area contributed by atoms with Gasteiger partial charge in [0.25, 0.3) is 5.91 Å². The first kappa shape index (κ1) is 28.8. The summed E-state index contributed by atoms with van der Waals surface area (Å²) in [6.45, 7) is 8.36. The fourth-order valence-corrected chi connectivity index (χ4v) is 5.90. The minimum atomic E-state index is -0.566. The van der Waals surface area contributed by atoms with Crippen molar-refractivity contribution in [3.63, 3.8) is 0 Å². The monoisotopic (exact) mass is 633 g/mol. The summed E-state index contributed by atoms with van der Waals surface area (Å²) in [4.78, 5) is 18.7. The Morgan fingerprint density at radius 3 is 2.63 bits per heavy atom. The zero-order chi connectivity index (χ0) is 29.1. The number of nitrogens with one attached hydrogen (secondary N) is 2. The zero-order valence-corrected chi connectivity index (χ0v) is 26.0. The lowest BCUT2D eigenvalue weighted by molar-refractivity contribution is -0.113. The van der Waals surface area contributed by atoms with E-state index in [1.807, 2.05) is 81.4 Å². The maximum absolute atomic E-state index is 14.0. The van der Waals surface area contributed by atoms with Gasteiger partial charge in [-0.3, -0.25) is 4.79 Å². The molecule has 0 spiro atoms. The highest BCUT2D eigenvalue weighted by Gasteiger charge is 2.35. The van der Waals surface area contributed by atoms with Gasteiger partial charge in [0, 0.05) is 11.4 Å². The first-order chi connectivity index (χ1) is 19.8. The van der Waals surface area contributed by atoms with Crippen molar-refractivity contribution in [3.05, 3.63) is 98.7 Å². The lowest BCUT2D eigenvalue weighted by atomic mass is 9.94. The number of benzene rings is 3. The van der Waals surface area contributed by atoms with Crippen molar-refractivity contribution in [2.45, 2.75) is 45.5 Å². The molecule has 1 atom stereocenters. The molecule has 0 aliphatic carbocycles. The summed E-state index contributed by atoms with van der Waals surface area (Å²) in [5, 5.41) is 11.9. The second-order valence-corrected chi connectivity index (χ2v) is 11.8. The molecule has 0 radical (unpaired) electrons. The van der Waals surface area contributed by atoms with Gasteiger partial charge >= 0.3 is 0 Å². The standard InChI is InChI=1S/C31H32BrN5O3S/c1-6-41-31-35-30-33-20(4)26(29(38)34-24-14-10-11-18(2)19(24)3)27(37(30)36-31)22-15-23(32)28(25(16-22)39-5)40-17-21-12-8-7-9-13-21/h7-16,27H,6,17H2,1-5H3,(H,34,38)(H,33,35,36). The van der Waals surface area contributed by atoms with Crippen molar-refractivity contribution in [2.24, 2.45) is 0 Å². The van der Waals surface area contributed by atoms with Crippen LogP contribution in [-0.4, -0.2) is 33.5 Å². The number of nitrogens with zero attached hydrogens (tertiary/aromatic N) is 3. The second kappa shape index (κ2) is 12.4. The molecule has 1 amide bonds. The molecule has 10 heteroatoms. The Balaban J connectivity index is 1.57.